The molecule has 0 unspecified atom stereocenters. The third-order valence-electron chi connectivity index (χ3n) is 2.82. The first-order chi connectivity index (χ1) is 11.4. The van der Waals surface area contributed by atoms with Gasteiger partial charge in [-0.25, -0.2) is 0 Å². The number of hydrogen-bond donors (Lipinski definition) is 3. The van der Waals surface area contributed by atoms with Crippen molar-refractivity contribution in [3.8, 4) is 0 Å². The molecule has 124 valence electrons. The average molecular weight is 368 g/mol. The van der Waals surface area contributed by atoms with E-state index in [1.54, 1.807) is 6.07 Å². The Morgan fingerprint density at radius 1 is 1.04 bits per heavy atom. The van der Waals surface area contributed by atoms with E-state index in [4.69, 9.17) is 23.8 Å². The molecule has 3 N–H and O–H groups in total. The quantitative estimate of drug-likeness (QED) is 0.417. The minimum absolute atomic E-state index is 0.0237. The fourth-order valence-electron chi connectivity index (χ4n) is 1.74. The van der Waals surface area contributed by atoms with Crippen molar-refractivity contribution >= 4 is 51.7 Å². The van der Waals surface area contributed by atoms with Gasteiger partial charge in [-0.2, -0.15) is 0 Å². The van der Waals surface area contributed by atoms with Gasteiger partial charge in [0.1, 0.15) is 5.69 Å². The summed E-state index contributed by atoms with van der Waals surface area (Å²) in [5.41, 5.74) is 5.30. The fraction of sp³-hybridized carbons (Fsp3) is 0. The number of benzene rings is 2. The van der Waals surface area contributed by atoms with Crippen LogP contribution in [0.25, 0.3) is 0 Å². The maximum absolute atomic E-state index is 10.9. The lowest BCUT2D eigenvalue weighted by Crippen LogP contribution is -2.33. The molecule has 2 aromatic carbocycles. The first-order valence-corrected chi connectivity index (χ1v) is 7.17. The van der Waals surface area contributed by atoms with Gasteiger partial charge in [0.2, 0.25) is 0 Å². The van der Waals surface area contributed by atoms with E-state index in [0.717, 1.165) is 0 Å². The molecule has 0 saturated heterocycles. The average Bonchev–Trinajstić information content (AvgIpc) is 2.55. The van der Waals surface area contributed by atoms with Crippen molar-refractivity contribution in [2.24, 2.45) is 0 Å². The number of nitro benzene ring substituents is 2. The lowest BCUT2D eigenvalue weighted by atomic mass is 10.3. The molecule has 0 heterocycles. The molecule has 0 amide bonds. The molecule has 0 aromatic heterocycles. The van der Waals surface area contributed by atoms with E-state index in [-0.39, 0.29) is 32.9 Å². The maximum Gasteiger partial charge on any atom is 0.294 e. The van der Waals surface area contributed by atoms with E-state index in [0.29, 0.717) is 0 Å². The van der Waals surface area contributed by atoms with Crippen molar-refractivity contribution in [3.63, 3.8) is 0 Å². The Bertz CT molecular complexity index is 817. The molecule has 0 spiro atoms. The van der Waals surface area contributed by atoms with Crippen LogP contribution in [0, 0.1) is 20.2 Å². The van der Waals surface area contributed by atoms with Crippen LogP contribution in [-0.4, -0.2) is 15.0 Å². The molecule has 0 saturated carbocycles. The highest BCUT2D eigenvalue weighted by molar-refractivity contribution is 7.80. The van der Waals surface area contributed by atoms with Gasteiger partial charge in [0.05, 0.1) is 20.6 Å². The first-order valence-electron chi connectivity index (χ1n) is 6.39. The second-order valence-corrected chi connectivity index (χ2v) is 5.22. The molecule has 11 heteroatoms. The van der Waals surface area contributed by atoms with E-state index in [9.17, 15) is 20.2 Å². The van der Waals surface area contributed by atoms with Crippen molar-refractivity contribution < 1.29 is 9.85 Å². The lowest BCUT2D eigenvalue weighted by molar-refractivity contribution is -0.384. The van der Waals surface area contributed by atoms with Gasteiger partial charge in [0, 0.05) is 18.2 Å². The standard InChI is InChI=1S/C13H10ClN5O4S/c14-9-6-5-8(18(20)21)7-11(9)15-13(24)17-16-10-3-1-2-4-12(10)19(22)23/h1-7,16H,(H2,15,17,24). The molecule has 2 aromatic rings. The molecule has 0 fully saturated rings. The molecule has 0 atom stereocenters. The number of rotatable bonds is 5. The SMILES string of the molecule is O=[N+]([O-])c1ccc(Cl)c(NC(=S)NNc2ccccc2[N+](=O)[O-])c1. The van der Waals surface area contributed by atoms with E-state index in [2.05, 4.69) is 16.2 Å². The van der Waals surface area contributed by atoms with Crippen molar-refractivity contribution in [2.75, 3.05) is 10.7 Å². The van der Waals surface area contributed by atoms with E-state index in [1.807, 2.05) is 0 Å². The Morgan fingerprint density at radius 3 is 2.42 bits per heavy atom. The second kappa shape index (κ2) is 7.53. The van der Waals surface area contributed by atoms with Crippen LogP contribution in [0.4, 0.5) is 22.7 Å². The number of para-hydroxylation sites is 2. The van der Waals surface area contributed by atoms with Crippen LogP contribution in [0.1, 0.15) is 0 Å². The van der Waals surface area contributed by atoms with E-state index < -0.39 is 9.85 Å². The van der Waals surface area contributed by atoms with Gasteiger partial charge in [0.15, 0.2) is 5.11 Å². The summed E-state index contributed by atoms with van der Waals surface area (Å²) in [5, 5.41) is 24.6. The Balaban J connectivity index is 2.06. The van der Waals surface area contributed by atoms with Crippen LogP contribution in [0.15, 0.2) is 42.5 Å². The molecule has 0 aliphatic heterocycles. The minimum atomic E-state index is -0.566. The predicted octanol–water partition coefficient (Wildman–Crippen LogP) is 3.47. The highest BCUT2D eigenvalue weighted by atomic mass is 35.5. The molecule has 0 aliphatic rings. The van der Waals surface area contributed by atoms with Gasteiger partial charge in [-0.3, -0.25) is 31.1 Å². The van der Waals surface area contributed by atoms with Crippen molar-refractivity contribution in [1.82, 2.24) is 5.43 Å². The number of thiocarbonyl (C=S) groups is 1. The van der Waals surface area contributed by atoms with Gasteiger partial charge in [-0.05, 0) is 24.4 Å². The topological polar surface area (TPSA) is 122 Å². The summed E-state index contributed by atoms with van der Waals surface area (Å²) in [6.07, 6.45) is 0. The third-order valence-corrected chi connectivity index (χ3v) is 3.35. The number of hydrazine groups is 1. The number of anilines is 2. The summed E-state index contributed by atoms with van der Waals surface area (Å²) in [6, 6.07) is 9.82. The maximum atomic E-state index is 10.9. The zero-order chi connectivity index (χ0) is 17.7. The number of nitrogens with zero attached hydrogens (tertiary/aromatic N) is 2. The Kier molecular flexibility index (Phi) is 5.45. The van der Waals surface area contributed by atoms with Crippen LogP contribution < -0.4 is 16.2 Å². The first kappa shape index (κ1) is 17.4. The van der Waals surface area contributed by atoms with Gasteiger partial charge in [-0.15, -0.1) is 0 Å². The summed E-state index contributed by atoms with van der Waals surface area (Å²) < 4.78 is 0. The molecule has 24 heavy (non-hydrogen) atoms. The van der Waals surface area contributed by atoms with Gasteiger partial charge >= 0.3 is 0 Å². The lowest BCUT2D eigenvalue weighted by Gasteiger charge is -2.13. The van der Waals surface area contributed by atoms with Gasteiger partial charge in [-0.1, -0.05) is 23.7 Å². The van der Waals surface area contributed by atoms with Crippen molar-refractivity contribution in [3.05, 3.63) is 67.7 Å². The minimum Gasteiger partial charge on any atom is -0.330 e. The largest absolute Gasteiger partial charge is 0.330 e. The number of hydrogen-bond acceptors (Lipinski definition) is 6. The van der Waals surface area contributed by atoms with Crippen LogP contribution in [-0.2, 0) is 0 Å². The highest BCUT2D eigenvalue weighted by Gasteiger charge is 2.13. The number of nitro groups is 2. The van der Waals surface area contributed by atoms with Crippen molar-refractivity contribution in [1.29, 1.82) is 0 Å². The Hall–Kier alpha value is -2.98. The zero-order valence-corrected chi connectivity index (χ0v) is 13.4. The molecule has 2 rings (SSSR count). The molecule has 0 aliphatic carbocycles. The molecular weight excluding hydrogens is 358 g/mol. The number of nitrogens with one attached hydrogen (secondary N) is 3. The number of halogens is 1. The summed E-state index contributed by atoms with van der Waals surface area (Å²) in [6.45, 7) is 0. The predicted molar refractivity (Wildman–Crippen MR) is 94.2 cm³/mol. The normalized spacial score (nSPS) is 9.88. The molecule has 0 radical (unpaired) electrons. The number of non-ortho nitro benzene ring substituents is 1. The summed E-state index contributed by atoms with van der Waals surface area (Å²) in [7, 11) is 0. The zero-order valence-electron chi connectivity index (χ0n) is 11.9. The second-order valence-electron chi connectivity index (χ2n) is 4.40. The monoisotopic (exact) mass is 367 g/mol. The van der Waals surface area contributed by atoms with Crippen LogP contribution in [0.5, 0.6) is 0 Å². The fourth-order valence-corrected chi connectivity index (χ4v) is 2.06. The molecule has 0 bridgehead atoms. The Morgan fingerprint density at radius 2 is 1.75 bits per heavy atom. The van der Waals surface area contributed by atoms with Crippen molar-refractivity contribution in [2.45, 2.75) is 0 Å². The molecular formula is C13H10ClN5O4S. The van der Waals surface area contributed by atoms with Gasteiger partial charge in [0.25, 0.3) is 11.4 Å². The Labute approximate surface area is 145 Å². The van der Waals surface area contributed by atoms with E-state index in [1.165, 1.54) is 36.4 Å². The summed E-state index contributed by atoms with van der Waals surface area (Å²) in [4.78, 5) is 20.6. The molecule has 9 nitrogen and oxygen atoms in total. The summed E-state index contributed by atoms with van der Waals surface area (Å²) in [5.74, 6) is 0. The van der Waals surface area contributed by atoms with E-state index >= 15 is 0 Å². The third kappa shape index (κ3) is 4.27. The summed E-state index contributed by atoms with van der Waals surface area (Å²) >= 11 is 11.0. The smallest absolute Gasteiger partial charge is 0.294 e. The van der Waals surface area contributed by atoms with Gasteiger partial charge < -0.3 is 5.32 Å². The van der Waals surface area contributed by atoms with Crippen LogP contribution in [0.3, 0.4) is 0 Å². The van der Waals surface area contributed by atoms with Crippen LogP contribution in [0.2, 0.25) is 5.02 Å². The highest BCUT2D eigenvalue weighted by Crippen LogP contribution is 2.26. The van der Waals surface area contributed by atoms with Crippen LogP contribution >= 0.6 is 23.8 Å².